The van der Waals surface area contributed by atoms with Crippen LogP contribution in [-0.2, 0) is 0 Å². The molecule has 1 unspecified atom stereocenters. The minimum Gasteiger partial charge on any atom is -0.336 e. The van der Waals surface area contributed by atoms with Gasteiger partial charge < -0.3 is 16.0 Å². The molecule has 0 aromatic carbocycles. The van der Waals surface area contributed by atoms with Crippen LogP contribution in [0.1, 0.15) is 64.3 Å². The lowest BCUT2D eigenvalue weighted by Crippen LogP contribution is -2.62. The Morgan fingerprint density at radius 3 is 2.50 bits per heavy atom. The van der Waals surface area contributed by atoms with Gasteiger partial charge in [0.05, 0.1) is 6.04 Å². The standard InChI is InChI=1S/C20H34N4OS/c1-19(2)12-15(13-20(3,4)23-19)22-18(25)21-14-16(17-8-7-11-26-17)24-9-5-6-10-24/h7-8,11,15-16,23H,5-6,9-10,12-14H2,1-4H3,(H2,21,22,25). The number of hydrogen-bond acceptors (Lipinski definition) is 4. The zero-order valence-corrected chi connectivity index (χ0v) is 17.4. The highest BCUT2D eigenvalue weighted by Gasteiger charge is 2.38. The van der Waals surface area contributed by atoms with E-state index in [1.54, 1.807) is 11.3 Å². The number of urea groups is 1. The molecule has 0 bridgehead atoms. The van der Waals surface area contributed by atoms with Gasteiger partial charge in [-0.25, -0.2) is 4.79 Å². The third kappa shape index (κ3) is 5.21. The van der Waals surface area contributed by atoms with Crippen LogP contribution in [0.2, 0.25) is 0 Å². The molecule has 2 fully saturated rings. The van der Waals surface area contributed by atoms with E-state index in [0.717, 1.165) is 25.9 Å². The van der Waals surface area contributed by atoms with Gasteiger partial charge in [0.25, 0.3) is 0 Å². The maximum absolute atomic E-state index is 12.6. The van der Waals surface area contributed by atoms with Crippen LogP contribution in [0.15, 0.2) is 17.5 Å². The number of nitrogens with one attached hydrogen (secondary N) is 3. The third-order valence-electron chi connectivity index (χ3n) is 5.43. The van der Waals surface area contributed by atoms with Crippen molar-refractivity contribution in [2.45, 2.75) is 76.5 Å². The average Bonchev–Trinajstić information content (AvgIpc) is 3.17. The average molecular weight is 379 g/mol. The van der Waals surface area contributed by atoms with Crippen LogP contribution in [0.5, 0.6) is 0 Å². The number of thiophene rings is 1. The zero-order valence-electron chi connectivity index (χ0n) is 16.6. The first-order valence-electron chi connectivity index (χ1n) is 9.85. The number of carbonyl (C=O) groups excluding carboxylic acids is 1. The van der Waals surface area contributed by atoms with Gasteiger partial charge in [0.15, 0.2) is 0 Å². The molecule has 6 heteroatoms. The molecule has 1 aromatic rings. The highest BCUT2D eigenvalue weighted by Crippen LogP contribution is 2.29. The van der Waals surface area contributed by atoms with E-state index in [-0.39, 0.29) is 23.2 Å². The molecule has 0 spiro atoms. The largest absolute Gasteiger partial charge is 0.336 e. The smallest absolute Gasteiger partial charge is 0.315 e. The topological polar surface area (TPSA) is 56.4 Å². The fourth-order valence-corrected chi connectivity index (χ4v) is 5.65. The lowest BCUT2D eigenvalue weighted by atomic mass is 9.80. The predicted octanol–water partition coefficient (Wildman–Crippen LogP) is 3.49. The molecule has 3 heterocycles. The molecule has 2 aliphatic heterocycles. The Balaban J connectivity index is 1.55. The lowest BCUT2D eigenvalue weighted by molar-refractivity contribution is 0.147. The second-order valence-corrected chi connectivity index (χ2v) is 10.1. The van der Waals surface area contributed by atoms with Crippen molar-refractivity contribution >= 4 is 17.4 Å². The monoisotopic (exact) mass is 378 g/mol. The van der Waals surface area contributed by atoms with E-state index in [1.165, 1.54) is 17.7 Å². The van der Waals surface area contributed by atoms with E-state index in [0.29, 0.717) is 12.6 Å². The Labute approximate surface area is 161 Å². The number of carbonyl (C=O) groups is 1. The van der Waals surface area contributed by atoms with E-state index in [2.05, 4.69) is 66.1 Å². The predicted molar refractivity (Wildman–Crippen MR) is 109 cm³/mol. The molecule has 0 radical (unpaired) electrons. The van der Waals surface area contributed by atoms with Gasteiger partial charge in [0, 0.05) is 28.5 Å². The Hall–Kier alpha value is -1.11. The molecule has 5 nitrogen and oxygen atoms in total. The summed E-state index contributed by atoms with van der Waals surface area (Å²) in [5.74, 6) is 0. The summed E-state index contributed by atoms with van der Waals surface area (Å²) in [6.45, 7) is 11.8. The van der Waals surface area contributed by atoms with E-state index in [4.69, 9.17) is 0 Å². The lowest BCUT2D eigenvalue weighted by Gasteiger charge is -2.46. The minimum atomic E-state index is -0.0377. The van der Waals surface area contributed by atoms with E-state index in [9.17, 15) is 4.79 Å². The molecular formula is C20H34N4OS. The van der Waals surface area contributed by atoms with Crippen molar-refractivity contribution in [1.29, 1.82) is 0 Å². The van der Waals surface area contributed by atoms with Gasteiger partial charge >= 0.3 is 6.03 Å². The number of amides is 2. The minimum absolute atomic E-state index is 0.0365. The highest BCUT2D eigenvalue weighted by molar-refractivity contribution is 7.10. The fraction of sp³-hybridized carbons (Fsp3) is 0.750. The van der Waals surface area contributed by atoms with Gasteiger partial charge in [-0.05, 0) is 77.9 Å². The molecule has 3 N–H and O–H groups in total. The van der Waals surface area contributed by atoms with Crippen molar-refractivity contribution in [3.63, 3.8) is 0 Å². The second-order valence-electron chi connectivity index (χ2n) is 9.13. The Bertz CT molecular complexity index is 577. The van der Waals surface area contributed by atoms with E-state index >= 15 is 0 Å². The maximum atomic E-state index is 12.6. The van der Waals surface area contributed by atoms with E-state index < -0.39 is 0 Å². The van der Waals surface area contributed by atoms with Crippen molar-refractivity contribution in [3.8, 4) is 0 Å². The molecule has 2 amide bonds. The van der Waals surface area contributed by atoms with Crippen LogP contribution >= 0.6 is 11.3 Å². The molecule has 26 heavy (non-hydrogen) atoms. The summed E-state index contributed by atoms with van der Waals surface area (Å²) in [5.41, 5.74) is 0.0729. The molecule has 0 saturated carbocycles. The van der Waals surface area contributed by atoms with Crippen LogP contribution in [0.25, 0.3) is 0 Å². The van der Waals surface area contributed by atoms with Gasteiger partial charge in [-0.15, -0.1) is 11.3 Å². The number of hydrogen-bond donors (Lipinski definition) is 3. The molecule has 0 aliphatic carbocycles. The van der Waals surface area contributed by atoms with Crippen molar-refractivity contribution in [2.75, 3.05) is 19.6 Å². The fourth-order valence-electron chi connectivity index (χ4n) is 4.79. The first-order chi connectivity index (χ1) is 12.2. The number of piperidine rings is 1. The highest BCUT2D eigenvalue weighted by atomic mass is 32.1. The summed E-state index contributed by atoms with van der Waals surface area (Å²) in [6.07, 6.45) is 4.41. The molecule has 2 saturated heterocycles. The zero-order chi connectivity index (χ0) is 18.8. The summed E-state index contributed by atoms with van der Waals surface area (Å²) in [7, 11) is 0. The molecule has 2 aliphatic rings. The van der Waals surface area contributed by atoms with Crippen LogP contribution < -0.4 is 16.0 Å². The first kappa shape index (κ1) is 19.6. The molecule has 1 atom stereocenters. The number of nitrogens with zero attached hydrogens (tertiary/aromatic N) is 1. The summed E-state index contributed by atoms with van der Waals surface area (Å²) in [4.78, 5) is 16.4. The van der Waals surface area contributed by atoms with Crippen molar-refractivity contribution < 1.29 is 4.79 Å². The van der Waals surface area contributed by atoms with Crippen LogP contribution in [0.4, 0.5) is 4.79 Å². The van der Waals surface area contributed by atoms with Crippen molar-refractivity contribution in [3.05, 3.63) is 22.4 Å². The van der Waals surface area contributed by atoms with Crippen molar-refractivity contribution in [2.24, 2.45) is 0 Å². The maximum Gasteiger partial charge on any atom is 0.315 e. The number of likely N-dealkylation sites (tertiary alicyclic amines) is 1. The van der Waals surface area contributed by atoms with Gasteiger partial charge in [0.1, 0.15) is 0 Å². The van der Waals surface area contributed by atoms with Crippen molar-refractivity contribution in [1.82, 2.24) is 20.9 Å². The molecular weight excluding hydrogens is 344 g/mol. The molecule has 146 valence electrons. The SMILES string of the molecule is CC1(C)CC(NC(=O)NCC(c2cccs2)N2CCCC2)CC(C)(C)N1. The Kier molecular flexibility index (Phi) is 5.94. The summed E-state index contributed by atoms with van der Waals surface area (Å²) >= 11 is 1.78. The van der Waals surface area contributed by atoms with Crippen LogP contribution in [-0.4, -0.2) is 47.7 Å². The van der Waals surface area contributed by atoms with Gasteiger partial charge in [-0.3, -0.25) is 4.90 Å². The van der Waals surface area contributed by atoms with Crippen LogP contribution in [0, 0.1) is 0 Å². The van der Waals surface area contributed by atoms with Gasteiger partial charge in [-0.1, -0.05) is 6.07 Å². The molecule has 1 aromatic heterocycles. The quantitative estimate of drug-likeness (QED) is 0.735. The Morgan fingerprint density at radius 2 is 1.92 bits per heavy atom. The number of rotatable bonds is 5. The molecule has 3 rings (SSSR count). The summed E-state index contributed by atoms with van der Waals surface area (Å²) < 4.78 is 0. The Morgan fingerprint density at radius 1 is 1.27 bits per heavy atom. The van der Waals surface area contributed by atoms with E-state index in [1.807, 2.05) is 0 Å². The van der Waals surface area contributed by atoms with Gasteiger partial charge in [0.2, 0.25) is 0 Å². The summed E-state index contributed by atoms with van der Waals surface area (Å²) in [6, 6.07) is 4.74. The second kappa shape index (κ2) is 7.87. The van der Waals surface area contributed by atoms with Gasteiger partial charge in [-0.2, -0.15) is 0 Å². The first-order valence-corrected chi connectivity index (χ1v) is 10.7. The normalized spacial score (nSPS) is 24.3. The summed E-state index contributed by atoms with van der Waals surface area (Å²) in [5, 5.41) is 12.1. The third-order valence-corrected chi connectivity index (χ3v) is 6.41. The van der Waals surface area contributed by atoms with Crippen LogP contribution in [0.3, 0.4) is 0 Å².